The van der Waals surface area contributed by atoms with Crippen LogP contribution in [0.1, 0.15) is 12.8 Å². The van der Waals surface area contributed by atoms with Crippen molar-refractivity contribution in [2.24, 2.45) is 5.92 Å². The van der Waals surface area contributed by atoms with E-state index in [0.717, 1.165) is 17.1 Å². The van der Waals surface area contributed by atoms with E-state index in [0.29, 0.717) is 23.9 Å². The fraction of sp³-hybridized carbons (Fsp3) is 0.278. The maximum atomic E-state index is 13.1. The van der Waals surface area contributed by atoms with Crippen molar-refractivity contribution in [1.29, 1.82) is 0 Å². The van der Waals surface area contributed by atoms with Gasteiger partial charge in [-0.15, -0.1) is 0 Å². The summed E-state index contributed by atoms with van der Waals surface area (Å²) in [4.78, 5) is 14.8. The second kappa shape index (κ2) is 5.77. The van der Waals surface area contributed by atoms with E-state index >= 15 is 0 Å². The van der Waals surface area contributed by atoms with Crippen molar-refractivity contribution in [3.63, 3.8) is 0 Å². The molecule has 0 aromatic heterocycles. The molecule has 1 heterocycles. The molecule has 4 rings (SSSR count). The normalized spacial score (nSPS) is 18.8. The highest BCUT2D eigenvalue weighted by Gasteiger charge is 2.43. The summed E-state index contributed by atoms with van der Waals surface area (Å²) in [7, 11) is -2.47. The Morgan fingerprint density at radius 1 is 1.12 bits per heavy atom. The number of carbonyl (C=O) groups is 1. The van der Waals surface area contributed by atoms with Gasteiger partial charge in [-0.25, -0.2) is 13.2 Å². The lowest BCUT2D eigenvalue weighted by atomic mass is 10.2. The zero-order valence-electron chi connectivity index (χ0n) is 13.8. The third-order valence-electron chi connectivity index (χ3n) is 4.50. The van der Waals surface area contributed by atoms with E-state index in [1.807, 2.05) is 0 Å². The fourth-order valence-electron chi connectivity index (χ4n) is 3.03. The molecule has 6 nitrogen and oxygen atoms in total. The van der Waals surface area contributed by atoms with E-state index < -0.39 is 16.1 Å². The standard InChI is InChI=1S/C18H18N2O4S/c1-24-15-6-4-5-14(11-15)20-18(21)19(12-13-9-10-13)16-7-2-3-8-17(16)25(20,22)23/h2-8,11,13H,9-10,12H2,1H3. The van der Waals surface area contributed by atoms with Crippen LogP contribution in [0, 0.1) is 5.92 Å². The number of methoxy groups -OCH3 is 1. The molecule has 0 atom stereocenters. The lowest BCUT2D eigenvalue weighted by Crippen LogP contribution is -2.51. The number of rotatable bonds is 4. The van der Waals surface area contributed by atoms with Gasteiger partial charge in [0.05, 0.1) is 18.5 Å². The predicted molar refractivity (Wildman–Crippen MR) is 94.6 cm³/mol. The van der Waals surface area contributed by atoms with Crippen LogP contribution in [0.25, 0.3) is 0 Å². The van der Waals surface area contributed by atoms with Crippen LogP contribution in [0.5, 0.6) is 5.75 Å². The number of hydrogen-bond donors (Lipinski definition) is 0. The van der Waals surface area contributed by atoms with Crippen molar-refractivity contribution >= 4 is 27.4 Å². The minimum Gasteiger partial charge on any atom is -0.497 e. The Morgan fingerprint density at radius 2 is 1.88 bits per heavy atom. The summed E-state index contributed by atoms with van der Waals surface area (Å²) >= 11 is 0. The van der Waals surface area contributed by atoms with E-state index in [-0.39, 0.29) is 10.6 Å². The van der Waals surface area contributed by atoms with Gasteiger partial charge in [0, 0.05) is 12.6 Å². The Morgan fingerprint density at radius 3 is 2.60 bits per heavy atom. The largest absolute Gasteiger partial charge is 0.497 e. The van der Waals surface area contributed by atoms with Gasteiger partial charge in [-0.1, -0.05) is 18.2 Å². The number of urea groups is 1. The third-order valence-corrected chi connectivity index (χ3v) is 6.25. The monoisotopic (exact) mass is 358 g/mol. The molecule has 2 aliphatic rings. The first kappa shape index (κ1) is 16.0. The van der Waals surface area contributed by atoms with Crippen LogP contribution >= 0.6 is 0 Å². The minimum absolute atomic E-state index is 0.151. The highest BCUT2D eigenvalue weighted by Crippen LogP contribution is 2.40. The highest BCUT2D eigenvalue weighted by atomic mass is 32.2. The Hall–Kier alpha value is -2.54. The summed E-state index contributed by atoms with van der Waals surface area (Å²) in [5, 5.41) is 0. The number of hydrogen-bond acceptors (Lipinski definition) is 4. The van der Waals surface area contributed by atoms with E-state index in [2.05, 4.69) is 0 Å². The summed E-state index contributed by atoms with van der Waals surface area (Å²) in [5.74, 6) is 0.929. The number of fused-ring (bicyclic) bond motifs is 1. The van der Waals surface area contributed by atoms with E-state index in [4.69, 9.17) is 4.74 Å². The van der Waals surface area contributed by atoms with Crippen LogP contribution in [-0.4, -0.2) is 28.1 Å². The van der Waals surface area contributed by atoms with Gasteiger partial charge < -0.3 is 4.74 Å². The Kier molecular flexibility index (Phi) is 3.68. The molecule has 1 aliphatic heterocycles. The molecule has 1 saturated carbocycles. The van der Waals surface area contributed by atoms with Crippen LogP contribution in [-0.2, 0) is 10.0 Å². The number of sulfonamides is 1. The number of benzene rings is 2. The quantitative estimate of drug-likeness (QED) is 0.841. The van der Waals surface area contributed by atoms with Gasteiger partial charge in [-0.2, -0.15) is 4.31 Å². The van der Waals surface area contributed by atoms with E-state index in [9.17, 15) is 13.2 Å². The zero-order valence-corrected chi connectivity index (χ0v) is 14.6. The number of amides is 2. The second-order valence-corrected chi connectivity index (χ2v) is 8.03. The first-order valence-electron chi connectivity index (χ1n) is 8.12. The molecule has 0 unspecified atom stereocenters. The second-order valence-electron chi connectivity index (χ2n) is 6.28. The molecule has 25 heavy (non-hydrogen) atoms. The van der Waals surface area contributed by atoms with Crippen LogP contribution < -0.4 is 13.9 Å². The van der Waals surface area contributed by atoms with Crippen molar-refractivity contribution in [2.45, 2.75) is 17.7 Å². The Labute approximate surface area is 146 Å². The van der Waals surface area contributed by atoms with Crippen molar-refractivity contribution in [3.8, 4) is 5.75 Å². The molecular weight excluding hydrogens is 340 g/mol. The molecule has 0 radical (unpaired) electrons. The SMILES string of the molecule is COc1cccc(N2C(=O)N(CC3CC3)c3ccccc3S2(=O)=O)c1. The molecule has 0 saturated heterocycles. The Balaban J connectivity index is 1.87. The maximum absolute atomic E-state index is 13.1. The molecule has 2 aromatic carbocycles. The molecular formula is C18H18N2O4S. The minimum atomic E-state index is -3.97. The smallest absolute Gasteiger partial charge is 0.343 e. The summed E-state index contributed by atoms with van der Waals surface area (Å²) in [5.41, 5.74) is 0.734. The molecule has 2 amide bonds. The molecule has 0 N–H and O–H groups in total. The zero-order chi connectivity index (χ0) is 17.6. The summed E-state index contributed by atoms with van der Waals surface area (Å²) in [6.07, 6.45) is 2.13. The van der Waals surface area contributed by atoms with Crippen molar-refractivity contribution in [3.05, 3.63) is 48.5 Å². The summed E-state index contributed by atoms with van der Waals surface area (Å²) < 4.78 is 32.2. The van der Waals surface area contributed by atoms with Gasteiger partial charge in [-0.3, -0.25) is 4.90 Å². The van der Waals surface area contributed by atoms with Crippen molar-refractivity contribution < 1.29 is 17.9 Å². The lowest BCUT2D eigenvalue weighted by Gasteiger charge is -2.36. The van der Waals surface area contributed by atoms with Gasteiger partial charge >= 0.3 is 6.03 Å². The average Bonchev–Trinajstić information content (AvgIpc) is 3.43. The van der Waals surface area contributed by atoms with Crippen molar-refractivity contribution in [1.82, 2.24) is 0 Å². The molecule has 130 valence electrons. The van der Waals surface area contributed by atoms with Gasteiger partial charge in [0.25, 0.3) is 10.0 Å². The third kappa shape index (κ3) is 2.64. The van der Waals surface area contributed by atoms with Gasteiger partial charge in [-0.05, 0) is 43.0 Å². The van der Waals surface area contributed by atoms with Crippen molar-refractivity contribution in [2.75, 3.05) is 22.9 Å². The van der Waals surface area contributed by atoms with E-state index in [1.165, 1.54) is 7.11 Å². The fourth-order valence-corrected chi connectivity index (χ4v) is 4.62. The topological polar surface area (TPSA) is 66.9 Å². The summed E-state index contributed by atoms with van der Waals surface area (Å²) in [6, 6.07) is 12.6. The number of nitrogens with zero attached hydrogens (tertiary/aromatic N) is 2. The molecule has 7 heteroatoms. The number of ether oxygens (including phenoxy) is 1. The number of carbonyl (C=O) groups excluding carboxylic acids is 1. The molecule has 2 aromatic rings. The predicted octanol–water partition coefficient (Wildman–Crippen LogP) is 3.24. The van der Waals surface area contributed by atoms with Gasteiger partial charge in [0.15, 0.2) is 0 Å². The average molecular weight is 358 g/mol. The van der Waals surface area contributed by atoms with Crippen LogP contribution in [0.4, 0.5) is 16.2 Å². The summed E-state index contributed by atoms with van der Waals surface area (Å²) in [6.45, 7) is 0.534. The first-order valence-corrected chi connectivity index (χ1v) is 9.56. The van der Waals surface area contributed by atoms with Crippen LogP contribution in [0.3, 0.4) is 0 Å². The van der Waals surface area contributed by atoms with Crippen LogP contribution in [0.15, 0.2) is 53.4 Å². The highest BCUT2D eigenvalue weighted by molar-refractivity contribution is 7.94. The lowest BCUT2D eigenvalue weighted by molar-refractivity contribution is 0.253. The molecule has 0 spiro atoms. The maximum Gasteiger partial charge on any atom is 0.343 e. The van der Waals surface area contributed by atoms with Gasteiger partial charge in [0.2, 0.25) is 0 Å². The first-order chi connectivity index (χ1) is 12.0. The molecule has 1 aliphatic carbocycles. The molecule has 1 fully saturated rings. The number of para-hydroxylation sites is 1. The van der Waals surface area contributed by atoms with E-state index in [1.54, 1.807) is 53.4 Å². The number of anilines is 2. The Bertz CT molecular complexity index is 938. The molecule has 0 bridgehead atoms. The van der Waals surface area contributed by atoms with Crippen LogP contribution in [0.2, 0.25) is 0 Å². The van der Waals surface area contributed by atoms with Gasteiger partial charge in [0.1, 0.15) is 10.6 Å².